The average molecular weight is 182 g/mol. The molecule has 0 aliphatic heterocycles. The minimum atomic E-state index is 0.483. The summed E-state index contributed by atoms with van der Waals surface area (Å²) in [7, 11) is 0. The van der Waals surface area contributed by atoms with Gasteiger partial charge >= 0.3 is 0 Å². The quantitative estimate of drug-likeness (QED) is 0.610. The van der Waals surface area contributed by atoms with Crippen molar-refractivity contribution in [1.82, 2.24) is 0 Å². The molecule has 0 heteroatoms. The van der Waals surface area contributed by atoms with E-state index in [1.165, 1.54) is 5.57 Å². The first-order chi connectivity index (χ1) is 6.95. The van der Waals surface area contributed by atoms with E-state index in [4.69, 9.17) is 0 Å². The van der Waals surface area contributed by atoms with Gasteiger partial charge in [-0.15, -0.1) is 0 Å². The first kappa shape index (κ1) is 9.01. The van der Waals surface area contributed by atoms with Crippen LogP contribution in [-0.4, -0.2) is 0 Å². The van der Waals surface area contributed by atoms with Crippen LogP contribution < -0.4 is 0 Å². The Balaban J connectivity index is 2.02. The lowest BCUT2D eigenvalue weighted by molar-refractivity contribution is 1.09. The fourth-order valence-corrected chi connectivity index (χ4v) is 1.51. The zero-order valence-electron chi connectivity index (χ0n) is 8.14. The van der Waals surface area contributed by atoms with Gasteiger partial charge in [0.15, 0.2) is 0 Å². The topological polar surface area (TPSA) is 0 Å². The standard InChI is InChI=1S/C14H14/c1-2-4-8-13(7-3-1)11-12-14-9-5-6-10-14/h1,3-12,14H,2H2/b12-11+. The summed E-state index contributed by atoms with van der Waals surface area (Å²) in [5.41, 5.74) is 1.27. The first-order valence-electron chi connectivity index (χ1n) is 5.02. The molecule has 0 amide bonds. The summed E-state index contributed by atoms with van der Waals surface area (Å²) in [4.78, 5) is 0. The molecule has 0 aromatic carbocycles. The molecule has 70 valence electrons. The van der Waals surface area contributed by atoms with Gasteiger partial charge in [0, 0.05) is 5.92 Å². The highest BCUT2D eigenvalue weighted by Crippen LogP contribution is 2.13. The van der Waals surface area contributed by atoms with Crippen LogP contribution in [0.2, 0.25) is 0 Å². The molecule has 2 rings (SSSR count). The van der Waals surface area contributed by atoms with E-state index in [0.29, 0.717) is 5.92 Å². The third kappa shape index (κ3) is 2.46. The maximum Gasteiger partial charge on any atom is 0.0136 e. The van der Waals surface area contributed by atoms with Crippen molar-refractivity contribution >= 4 is 0 Å². The van der Waals surface area contributed by atoms with Crippen LogP contribution in [0.15, 0.2) is 72.4 Å². The van der Waals surface area contributed by atoms with Crippen LogP contribution >= 0.6 is 0 Å². The second-order valence-electron chi connectivity index (χ2n) is 3.44. The predicted octanol–water partition coefficient (Wildman–Crippen LogP) is 3.73. The Bertz CT molecular complexity index is 347. The minimum absolute atomic E-state index is 0.483. The maximum absolute atomic E-state index is 2.22. The molecule has 0 radical (unpaired) electrons. The van der Waals surface area contributed by atoms with Crippen molar-refractivity contribution in [3.63, 3.8) is 0 Å². The number of hydrogen-bond donors (Lipinski definition) is 0. The highest BCUT2D eigenvalue weighted by molar-refractivity contribution is 5.37. The molecule has 0 N–H and O–H groups in total. The van der Waals surface area contributed by atoms with Crippen molar-refractivity contribution in [3.05, 3.63) is 72.4 Å². The van der Waals surface area contributed by atoms with Gasteiger partial charge in [0.05, 0.1) is 0 Å². The molecule has 0 unspecified atom stereocenters. The van der Waals surface area contributed by atoms with E-state index in [0.717, 1.165) is 6.42 Å². The lowest BCUT2D eigenvalue weighted by Gasteiger charge is -1.95. The maximum atomic E-state index is 2.22. The lowest BCUT2D eigenvalue weighted by atomic mass is 10.1. The van der Waals surface area contributed by atoms with Gasteiger partial charge < -0.3 is 0 Å². The van der Waals surface area contributed by atoms with Crippen molar-refractivity contribution in [3.8, 4) is 0 Å². The van der Waals surface area contributed by atoms with Gasteiger partial charge in [0.1, 0.15) is 0 Å². The zero-order chi connectivity index (χ0) is 9.64. The number of rotatable bonds is 2. The second kappa shape index (κ2) is 4.61. The summed E-state index contributed by atoms with van der Waals surface area (Å²) in [6.07, 6.45) is 24.7. The van der Waals surface area contributed by atoms with E-state index < -0.39 is 0 Å². The molecule has 14 heavy (non-hydrogen) atoms. The van der Waals surface area contributed by atoms with E-state index in [9.17, 15) is 0 Å². The monoisotopic (exact) mass is 182 g/mol. The van der Waals surface area contributed by atoms with Crippen LogP contribution in [-0.2, 0) is 0 Å². The van der Waals surface area contributed by atoms with Crippen LogP contribution in [0.4, 0.5) is 0 Å². The molecule has 2 aliphatic rings. The van der Waals surface area contributed by atoms with Gasteiger partial charge in [0.25, 0.3) is 0 Å². The summed E-state index contributed by atoms with van der Waals surface area (Å²) in [5.74, 6) is 0.483. The van der Waals surface area contributed by atoms with E-state index in [1.807, 2.05) is 0 Å². The minimum Gasteiger partial charge on any atom is -0.0807 e. The zero-order valence-corrected chi connectivity index (χ0v) is 8.14. The van der Waals surface area contributed by atoms with Crippen LogP contribution in [0, 0.1) is 5.92 Å². The van der Waals surface area contributed by atoms with Gasteiger partial charge in [-0.2, -0.15) is 0 Å². The Hall–Kier alpha value is -1.56. The fraction of sp³-hybridized carbons (Fsp3) is 0.143. The molecule has 0 spiro atoms. The first-order valence-corrected chi connectivity index (χ1v) is 5.02. The molecule has 0 saturated heterocycles. The number of hydrogen-bond acceptors (Lipinski definition) is 0. The largest absolute Gasteiger partial charge is 0.0807 e. The average Bonchev–Trinajstić information content (AvgIpc) is 2.58. The lowest BCUT2D eigenvalue weighted by Crippen LogP contribution is -1.81. The Labute approximate surface area is 85.3 Å². The summed E-state index contributed by atoms with van der Waals surface area (Å²) in [5, 5.41) is 0. The van der Waals surface area contributed by atoms with Gasteiger partial charge in [-0.05, 0) is 12.0 Å². The van der Waals surface area contributed by atoms with E-state index in [-0.39, 0.29) is 0 Å². The van der Waals surface area contributed by atoms with Crippen LogP contribution in [0.1, 0.15) is 6.42 Å². The highest BCUT2D eigenvalue weighted by atomic mass is 14.0. The van der Waals surface area contributed by atoms with Crippen molar-refractivity contribution in [2.45, 2.75) is 6.42 Å². The van der Waals surface area contributed by atoms with Crippen molar-refractivity contribution in [2.24, 2.45) is 5.92 Å². The molecule has 0 heterocycles. The second-order valence-corrected chi connectivity index (χ2v) is 3.44. The van der Waals surface area contributed by atoms with Gasteiger partial charge in [-0.25, -0.2) is 0 Å². The summed E-state index contributed by atoms with van der Waals surface area (Å²) < 4.78 is 0. The van der Waals surface area contributed by atoms with Crippen LogP contribution in [0.5, 0.6) is 0 Å². The molecular weight excluding hydrogens is 168 g/mol. The Morgan fingerprint density at radius 3 is 2.79 bits per heavy atom. The summed E-state index contributed by atoms with van der Waals surface area (Å²) in [6, 6.07) is 0. The molecule has 0 saturated carbocycles. The molecule has 2 aliphatic carbocycles. The highest BCUT2D eigenvalue weighted by Gasteiger charge is 1.97. The van der Waals surface area contributed by atoms with E-state index in [2.05, 4.69) is 66.8 Å². The SMILES string of the molecule is C1=CCC=CC(/C=C/C2C=CC=C2)=C1. The van der Waals surface area contributed by atoms with Crippen molar-refractivity contribution < 1.29 is 0 Å². The Kier molecular flexibility index (Phi) is 2.97. The van der Waals surface area contributed by atoms with Crippen LogP contribution in [0.3, 0.4) is 0 Å². The van der Waals surface area contributed by atoms with Gasteiger partial charge in [-0.3, -0.25) is 0 Å². The molecule has 0 aromatic heterocycles. The number of allylic oxidation sites excluding steroid dienone is 12. The smallest absolute Gasteiger partial charge is 0.0136 e. The fourth-order valence-electron chi connectivity index (χ4n) is 1.51. The van der Waals surface area contributed by atoms with Gasteiger partial charge in [-0.1, -0.05) is 66.8 Å². The van der Waals surface area contributed by atoms with Crippen molar-refractivity contribution in [2.75, 3.05) is 0 Å². The van der Waals surface area contributed by atoms with E-state index in [1.54, 1.807) is 0 Å². The Morgan fingerprint density at radius 1 is 1.07 bits per heavy atom. The molecule has 0 aromatic rings. The van der Waals surface area contributed by atoms with E-state index >= 15 is 0 Å². The predicted molar refractivity (Wildman–Crippen MR) is 61.9 cm³/mol. The molecule has 0 atom stereocenters. The van der Waals surface area contributed by atoms with Crippen LogP contribution in [0.25, 0.3) is 0 Å². The molecule has 0 nitrogen and oxygen atoms in total. The van der Waals surface area contributed by atoms with Gasteiger partial charge in [0.2, 0.25) is 0 Å². The third-order valence-corrected chi connectivity index (χ3v) is 2.30. The molecular formula is C14H14. The third-order valence-electron chi connectivity index (χ3n) is 2.30. The normalized spacial score (nSPS) is 20.7. The summed E-state index contributed by atoms with van der Waals surface area (Å²) >= 11 is 0. The van der Waals surface area contributed by atoms with Crippen molar-refractivity contribution in [1.29, 1.82) is 0 Å². The molecule has 0 fully saturated rings. The Morgan fingerprint density at radius 2 is 1.93 bits per heavy atom. The summed E-state index contributed by atoms with van der Waals surface area (Å²) in [6.45, 7) is 0. The molecule has 0 bridgehead atoms.